The minimum Gasteiger partial charge on any atom is -0.481 e. The first-order valence-corrected chi connectivity index (χ1v) is 7.43. The molecule has 0 heterocycles. The average molecular weight is 303 g/mol. The summed E-state index contributed by atoms with van der Waals surface area (Å²) in [6.07, 6.45) is -0.504. The number of benzene rings is 1. The fourth-order valence-electron chi connectivity index (χ4n) is 1.38. The number of halogens is 1. The molecular weight excluding hydrogens is 289 g/mol. The number of hydrogen-bond acceptors (Lipinski definition) is 4. The van der Waals surface area contributed by atoms with E-state index in [0.717, 1.165) is 24.3 Å². The van der Waals surface area contributed by atoms with Crippen LogP contribution >= 0.6 is 0 Å². The number of carbonyl (C=O) groups excluding carboxylic acids is 1. The zero-order chi connectivity index (χ0) is 15.2. The van der Waals surface area contributed by atoms with Crippen molar-refractivity contribution in [1.82, 2.24) is 5.32 Å². The van der Waals surface area contributed by atoms with Gasteiger partial charge in [0.15, 0.2) is 9.84 Å². The van der Waals surface area contributed by atoms with Gasteiger partial charge in [-0.3, -0.25) is 9.59 Å². The number of aliphatic carboxylic acids is 1. The Labute approximate surface area is 115 Å². The van der Waals surface area contributed by atoms with Crippen LogP contribution in [-0.2, 0) is 19.4 Å². The van der Waals surface area contributed by atoms with Crippen molar-refractivity contribution in [3.8, 4) is 0 Å². The van der Waals surface area contributed by atoms with Crippen molar-refractivity contribution < 1.29 is 27.5 Å². The standard InChI is InChI=1S/C12H14FNO5S/c13-9-1-3-10(4-2-9)20(18,19)8-6-11(15)14-7-5-12(16)17/h1-4H,5-8H2,(H,14,15)(H,16,17). The van der Waals surface area contributed by atoms with Crippen molar-refractivity contribution in [3.05, 3.63) is 30.1 Å². The van der Waals surface area contributed by atoms with E-state index in [2.05, 4.69) is 5.32 Å². The molecule has 1 amide bonds. The van der Waals surface area contributed by atoms with Gasteiger partial charge in [0.1, 0.15) is 5.82 Å². The Morgan fingerprint density at radius 3 is 2.30 bits per heavy atom. The minimum atomic E-state index is -3.66. The van der Waals surface area contributed by atoms with Gasteiger partial charge in [0.25, 0.3) is 0 Å². The van der Waals surface area contributed by atoms with Crippen LogP contribution < -0.4 is 5.32 Å². The summed E-state index contributed by atoms with van der Waals surface area (Å²) in [5.74, 6) is -2.56. The quantitative estimate of drug-likeness (QED) is 0.718. The monoisotopic (exact) mass is 303 g/mol. The van der Waals surface area contributed by atoms with E-state index in [1.54, 1.807) is 0 Å². The number of nitrogens with one attached hydrogen (secondary N) is 1. The van der Waals surface area contributed by atoms with Crippen LogP contribution in [0.5, 0.6) is 0 Å². The summed E-state index contributed by atoms with van der Waals surface area (Å²) in [5.41, 5.74) is 0. The van der Waals surface area contributed by atoms with Gasteiger partial charge in [0.05, 0.1) is 17.1 Å². The average Bonchev–Trinajstić information content (AvgIpc) is 2.36. The third kappa shape index (κ3) is 5.35. The number of hydrogen-bond donors (Lipinski definition) is 2. The number of sulfone groups is 1. The molecule has 0 aliphatic heterocycles. The van der Waals surface area contributed by atoms with Gasteiger partial charge >= 0.3 is 5.97 Å². The van der Waals surface area contributed by atoms with Crippen LogP contribution in [0.25, 0.3) is 0 Å². The van der Waals surface area contributed by atoms with Gasteiger partial charge in [-0.15, -0.1) is 0 Å². The lowest BCUT2D eigenvalue weighted by molar-refractivity contribution is -0.136. The number of amides is 1. The summed E-state index contributed by atoms with van der Waals surface area (Å²) in [7, 11) is -3.66. The summed E-state index contributed by atoms with van der Waals surface area (Å²) >= 11 is 0. The van der Waals surface area contributed by atoms with E-state index in [-0.39, 0.29) is 24.3 Å². The molecule has 0 radical (unpaired) electrons. The highest BCUT2D eigenvalue weighted by Crippen LogP contribution is 2.12. The molecule has 1 rings (SSSR count). The molecule has 8 heteroatoms. The number of rotatable bonds is 7. The maximum absolute atomic E-state index is 12.7. The number of carboxylic acid groups (broad SMARTS) is 1. The molecule has 0 atom stereocenters. The summed E-state index contributed by atoms with van der Waals surface area (Å²) in [5, 5.41) is 10.7. The SMILES string of the molecule is O=C(O)CCNC(=O)CCS(=O)(=O)c1ccc(F)cc1. The maximum atomic E-state index is 12.7. The van der Waals surface area contributed by atoms with Gasteiger partial charge in [0.2, 0.25) is 5.91 Å². The number of carboxylic acids is 1. The van der Waals surface area contributed by atoms with Crippen LogP contribution in [0, 0.1) is 5.82 Å². The smallest absolute Gasteiger partial charge is 0.305 e. The Kier molecular flexibility index (Phi) is 5.63. The first-order valence-electron chi connectivity index (χ1n) is 5.78. The van der Waals surface area contributed by atoms with Crippen LogP contribution in [-0.4, -0.2) is 37.7 Å². The van der Waals surface area contributed by atoms with Crippen molar-refractivity contribution in [3.63, 3.8) is 0 Å². The third-order valence-electron chi connectivity index (χ3n) is 2.43. The van der Waals surface area contributed by atoms with Crippen molar-refractivity contribution in [2.45, 2.75) is 17.7 Å². The lowest BCUT2D eigenvalue weighted by atomic mass is 10.3. The summed E-state index contributed by atoms with van der Waals surface area (Å²) in [4.78, 5) is 21.5. The predicted molar refractivity (Wildman–Crippen MR) is 68.3 cm³/mol. The molecule has 0 saturated heterocycles. The van der Waals surface area contributed by atoms with Gasteiger partial charge in [-0.1, -0.05) is 0 Å². The van der Waals surface area contributed by atoms with Crippen molar-refractivity contribution >= 4 is 21.7 Å². The molecule has 0 fully saturated rings. The van der Waals surface area contributed by atoms with E-state index in [9.17, 15) is 22.4 Å². The van der Waals surface area contributed by atoms with Gasteiger partial charge in [-0.25, -0.2) is 12.8 Å². The normalized spacial score (nSPS) is 11.1. The molecule has 1 aromatic rings. The molecule has 0 spiro atoms. The second kappa shape index (κ2) is 6.99. The minimum absolute atomic E-state index is 0.0508. The van der Waals surface area contributed by atoms with E-state index >= 15 is 0 Å². The molecular formula is C12H14FNO5S. The molecule has 0 aromatic heterocycles. The van der Waals surface area contributed by atoms with Crippen LogP contribution in [0.4, 0.5) is 4.39 Å². The van der Waals surface area contributed by atoms with Gasteiger partial charge < -0.3 is 10.4 Å². The Bertz CT molecular complexity index is 582. The van der Waals surface area contributed by atoms with E-state index in [1.807, 2.05) is 0 Å². The zero-order valence-corrected chi connectivity index (χ0v) is 11.3. The Morgan fingerprint density at radius 2 is 1.75 bits per heavy atom. The zero-order valence-electron chi connectivity index (χ0n) is 10.5. The van der Waals surface area contributed by atoms with E-state index < -0.39 is 33.3 Å². The lowest BCUT2D eigenvalue weighted by Gasteiger charge is -2.05. The molecule has 0 aliphatic rings. The largest absolute Gasteiger partial charge is 0.481 e. The van der Waals surface area contributed by atoms with E-state index in [4.69, 9.17) is 5.11 Å². The van der Waals surface area contributed by atoms with E-state index in [0.29, 0.717) is 0 Å². The predicted octanol–water partition coefficient (Wildman–Crippen LogP) is 0.580. The molecule has 2 N–H and O–H groups in total. The van der Waals surface area contributed by atoms with Crippen molar-refractivity contribution in [1.29, 1.82) is 0 Å². The van der Waals surface area contributed by atoms with Crippen LogP contribution in [0.2, 0.25) is 0 Å². The van der Waals surface area contributed by atoms with Gasteiger partial charge in [-0.05, 0) is 24.3 Å². The first kappa shape index (κ1) is 16.1. The molecule has 0 unspecified atom stereocenters. The molecule has 0 aliphatic carbocycles. The maximum Gasteiger partial charge on any atom is 0.305 e. The van der Waals surface area contributed by atoms with Crippen molar-refractivity contribution in [2.75, 3.05) is 12.3 Å². The lowest BCUT2D eigenvalue weighted by Crippen LogP contribution is -2.27. The molecule has 110 valence electrons. The van der Waals surface area contributed by atoms with Gasteiger partial charge in [-0.2, -0.15) is 0 Å². The summed E-state index contributed by atoms with van der Waals surface area (Å²) in [6.45, 7) is -0.0508. The molecule has 20 heavy (non-hydrogen) atoms. The summed E-state index contributed by atoms with van der Waals surface area (Å²) in [6, 6.07) is 4.32. The fraction of sp³-hybridized carbons (Fsp3) is 0.333. The Hall–Kier alpha value is -1.96. The van der Waals surface area contributed by atoms with E-state index in [1.165, 1.54) is 0 Å². The molecule has 6 nitrogen and oxygen atoms in total. The molecule has 0 saturated carbocycles. The second-order valence-electron chi connectivity index (χ2n) is 4.02. The highest BCUT2D eigenvalue weighted by atomic mass is 32.2. The van der Waals surface area contributed by atoms with Crippen LogP contribution in [0.15, 0.2) is 29.2 Å². The summed E-state index contributed by atoms with van der Waals surface area (Å²) < 4.78 is 36.4. The van der Waals surface area contributed by atoms with Crippen LogP contribution in [0.1, 0.15) is 12.8 Å². The highest BCUT2D eigenvalue weighted by molar-refractivity contribution is 7.91. The van der Waals surface area contributed by atoms with Crippen molar-refractivity contribution in [2.24, 2.45) is 0 Å². The Balaban J connectivity index is 2.49. The highest BCUT2D eigenvalue weighted by Gasteiger charge is 2.16. The number of carbonyl (C=O) groups is 2. The third-order valence-corrected chi connectivity index (χ3v) is 4.16. The first-order chi connectivity index (χ1) is 9.31. The Morgan fingerprint density at radius 1 is 1.15 bits per heavy atom. The fourth-order valence-corrected chi connectivity index (χ4v) is 2.62. The second-order valence-corrected chi connectivity index (χ2v) is 6.13. The molecule has 0 bridgehead atoms. The van der Waals surface area contributed by atoms with Gasteiger partial charge in [0, 0.05) is 13.0 Å². The topological polar surface area (TPSA) is 101 Å². The molecule has 1 aromatic carbocycles. The van der Waals surface area contributed by atoms with Crippen LogP contribution in [0.3, 0.4) is 0 Å².